The maximum atomic E-state index is 13.2. The Bertz CT molecular complexity index is 1340. The fourth-order valence-corrected chi connectivity index (χ4v) is 4.07. The summed E-state index contributed by atoms with van der Waals surface area (Å²) in [5, 5.41) is 19.8. The van der Waals surface area contributed by atoms with Gasteiger partial charge >= 0.3 is 0 Å². The van der Waals surface area contributed by atoms with Crippen molar-refractivity contribution in [2.45, 2.75) is 32.4 Å². The normalized spacial score (nSPS) is 14.2. The SMILES string of the molecule is Nc1nonc1-n1nnc(CN2CCCCC2)c1C(=O)N/N=C\c1ccc(OCc2ccccc2)cc1. The number of ether oxygens (including phenoxy) is 1. The molecular formula is C25H27N9O3. The van der Waals surface area contributed by atoms with Gasteiger partial charge in [-0.3, -0.25) is 9.69 Å². The van der Waals surface area contributed by atoms with Crippen LogP contribution < -0.4 is 15.9 Å². The molecule has 12 nitrogen and oxygen atoms in total. The number of nitrogens with one attached hydrogen (secondary N) is 1. The molecule has 1 saturated heterocycles. The maximum Gasteiger partial charge on any atom is 0.292 e. The number of piperidine rings is 1. The summed E-state index contributed by atoms with van der Waals surface area (Å²) in [6.07, 6.45) is 4.96. The topological polar surface area (TPSA) is 150 Å². The first-order valence-corrected chi connectivity index (χ1v) is 12.0. The summed E-state index contributed by atoms with van der Waals surface area (Å²) < 4.78 is 11.7. The minimum Gasteiger partial charge on any atom is -0.489 e. The minimum atomic E-state index is -0.501. The molecular weight excluding hydrogens is 474 g/mol. The van der Waals surface area contributed by atoms with E-state index in [0.717, 1.165) is 42.8 Å². The molecule has 0 unspecified atom stereocenters. The van der Waals surface area contributed by atoms with Gasteiger partial charge in [0.15, 0.2) is 5.69 Å². The number of nitrogen functional groups attached to an aromatic ring is 1. The zero-order valence-electron chi connectivity index (χ0n) is 20.2. The smallest absolute Gasteiger partial charge is 0.292 e. The summed E-state index contributed by atoms with van der Waals surface area (Å²) >= 11 is 0. The molecule has 0 bridgehead atoms. The van der Waals surface area contributed by atoms with Crippen molar-refractivity contribution >= 4 is 17.9 Å². The highest BCUT2D eigenvalue weighted by molar-refractivity contribution is 5.95. The average molecular weight is 502 g/mol. The predicted octanol–water partition coefficient (Wildman–Crippen LogP) is 2.56. The van der Waals surface area contributed by atoms with Crippen molar-refractivity contribution < 1.29 is 14.2 Å². The lowest BCUT2D eigenvalue weighted by Crippen LogP contribution is -2.31. The molecule has 12 heteroatoms. The standard InChI is InChI=1S/C25H27N9O3/c26-23-24(31-37-30-23)34-22(21(28-32-34)16-33-13-5-2-6-14-33)25(35)29-27-15-18-9-11-20(12-10-18)36-17-19-7-3-1-4-8-19/h1,3-4,7-12,15H,2,5-6,13-14,16-17H2,(H2,26,30)(H,29,35)/b27-15-. The van der Waals surface area contributed by atoms with E-state index in [1.165, 1.54) is 11.1 Å². The summed E-state index contributed by atoms with van der Waals surface area (Å²) in [6, 6.07) is 17.3. The second-order valence-electron chi connectivity index (χ2n) is 8.65. The van der Waals surface area contributed by atoms with Gasteiger partial charge in [-0.05, 0) is 71.6 Å². The number of carbonyl (C=O) groups is 1. The zero-order valence-corrected chi connectivity index (χ0v) is 20.2. The molecule has 4 aromatic rings. The number of likely N-dealkylation sites (tertiary alicyclic amines) is 1. The second-order valence-corrected chi connectivity index (χ2v) is 8.65. The Morgan fingerprint density at radius 1 is 1.08 bits per heavy atom. The first-order chi connectivity index (χ1) is 18.2. The van der Waals surface area contributed by atoms with Crippen LogP contribution in [0.5, 0.6) is 5.75 Å². The number of nitrogens with zero attached hydrogens (tertiary/aromatic N) is 7. The van der Waals surface area contributed by atoms with E-state index < -0.39 is 5.91 Å². The number of anilines is 1. The lowest BCUT2D eigenvalue weighted by molar-refractivity contribution is 0.0944. The molecule has 1 aliphatic rings. The molecule has 3 N–H and O–H groups in total. The largest absolute Gasteiger partial charge is 0.489 e. The number of hydrogen-bond donors (Lipinski definition) is 2. The molecule has 37 heavy (non-hydrogen) atoms. The molecule has 0 radical (unpaired) electrons. The van der Waals surface area contributed by atoms with Crippen LogP contribution in [0, 0.1) is 0 Å². The lowest BCUT2D eigenvalue weighted by atomic mass is 10.1. The highest BCUT2D eigenvalue weighted by Gasteiger charge is 2.26. The van der Waals surface area contributed by atoms with Crippen LogP contribution in [0.4, 0.5) is 5.82 Å². The molecule has 2 aromatic carbocycles. The summed E-state index contributed by atoms with van der Waals surface area (Å²) in [7, 11) is 0. The lowest BCUT2D eigenvalue weighted by Gasteiger charge is -2.25. The van der Waals surface area contributed by atoms with Gasteiger partial charge in [-0.25, -0.2) is 10.1 Å². The molecule has 0 spiro atoms. The number of nitrogens with two attached hydrogens (primary N) is 1. The molecule has 3 heterocycles. The van der Waals surface area contributed by atoms with E-state index in [4.69, 9.17) is 10.5 Å². The summed E-state index contributed by atoms with van der Waals surface area (Å²) in [5.74, 6) is 0.332. The molecule has 1 fully saturated rings. The van der Waals surface area contributed by atoms with Gasteiger partial charge in [0.05, 0.1) is 6.21 Å². The van der Waals surface area contributed by atoms with Gasteiger partial charge in [0.1, 0.15) is 18.1 Å². The second kappa shape index (κ2) is 11.4. The number of rotatable bonds is 9. The fourth-order valence-electron chi connectivity index (χ4n) is 4.07. The first kappa shape index (κ1) is 24.1. The Labute approximate surface area is 213 Å². The van der Waals surface area contributed by atoms with Crippen molar-refractivity contribution in [3.8, 4) is 11.6 Å². The Kier molecular flexibility index (Phi) is 7.46. The van der Waals surface area contributed by atoms with Gasteiger partial charge in [0.25, 0.3) is 5.91 Å². The van der Waals surface area contributed by atoms with E-state index in [9.17, 15) is 4.79 Å². The third kappa shape index (κ3) is 5.98. The molecule has 0 aliphatic carbocycles. The molecule has 0 atom stereocenters. The Balaban J connectivity index is 1.26. The van der Waals surface area contributed by atoms with Gasteiger partial charge in [0.2, 0.25) is 11.6 Å². The van der Waals surface area contributed by atoms with Crippen LogP contribution in [0.25, 0.3) is 5.82 Å². The molecule has 2 aromatic heterocycles. The zero-order chi connectivity index (χ0) is 25.5. The molecule has 1 aliphatic heterocycles. The number of amides is 1. The molecule has 190 valence electrons. The molecule has 0 saturated carbocycles. The minimum absolute atomic E-state index is 0.00143. The molecule has 5 rings (SSSR count). The van der Waals surface area contributed by atoms with Crippen molar-refractivity contribution in [1.29, 1.82) is 0 Å². The van der Waals surface area contributed by atoms with Crippen LogP contribution in [-0.4, -0.2) is 55.4 Å². The molecule has 1 amide bonds. The van der Waals surface area contributed by atoms with Gasteiger partial charge in [-0.15, -0.1) is 5.10 Å². The van der Waals surface area contributed by atoms with E-state index >= 15 is 0 Å². The van der Waals surface area contributed by atoms with Crippen molar-refractivity contribution in [2.75, 3.05) is 18.8 Å². The average Bonchev–Trinajstić information content (AvgIpc) is 3.55. The number of carbonyl (C=O) groups excluding carboxylic acids is 1. The Morgan fingerprint density at radius 2 is 1.86 bits per heavy atom. The van der Waals surface area contributed by atoms with Crippen LogP contribution in [0.2, 0.25) is 0 Å². The van der Waals surface area contributed by atoms with Gasteiger partial charge in [-0.2, -0.15) is 9.78 Å². The maximum absolute atomic E-state index is 13.2. The third-order valence-electron chi connectivity index (χ3n) is 5.98. The fraction of sp³-hybridized carbons (Fsp3) is 0.280. The van der Waals surface area contributed by atoms with E-state index in [1.807, 2.05) is 54.6 Å². The summed E-state index contributed by atoms with van der Waals surface area (Å²) in [6.45, 7) is 2.83. The summed E-state index contributed by atoms with van der Waals surface area (Å²) in [5.41, 5.74) is 10.9. The highest BCUT2D eigenvalue weighted by atomic mass is 16.6. The van der Waals surface area contributed by atoms with Crippen molar-refractivity contribution in [1.82, 2.24) is 35.6 Å². The van der Waals surface area contributed by atoms with Crippen LogP contribution in [-0.2, 0) is 13.2 Å². The van der Waals surface area contributed by atoms with Crippen molar-refractivity contribution in [2.24, 2.45) is 5.10 Å². The van der Waals surface area contributed by atoms with Gasteiger partial charge < -0.3 is 10.5 Å². The van der Waals surface area contributed by atoms with E-state index in [2.05, 4.69) is 40.7 Å². The quantitative estimate of drug-likeness (QED) is 0.260. The number of aromatic nitrogens is 5. The van der Waals surface area contributed by atoms with Crippen LogP contribution in [0.1, 0.15) is 46.6 Å². The highest BCUT2D eigenvalue weighted by Crippen LogP contribution is 2.19. The van der Waals surface area contributed by atoms with Gasteiger partial charge in [0, 0.05) is 6.54 Å². The number of hydrazone groups is 1. The Hall–Kier alpha value is -4.58. The predicted molar refractivity (Wildman–Crippen MR) is 135 cm³/mol. The number of benzene rings is 2. The van der Waals surface area contributed by atoms with E-state index in [-0.39, 0.29) is 17.3 Å². The summed E-state index contributed by atoms with van der Waals surface area (Å²) in [4.78, 5) is 15.4. The van der Waals surface area contributed by atoms with E-state index in [1.54, 1.807) is 6.21 Å². The van der Waals surface area contributed by atoms with Crippen LogP contribution >= 0.6 is 0 Å². The van der Waals surface area contributed by atoms with Crippen LogP contribution in [0.3, 0.4) is 0 Å². The van der Waals surface area contributed by atoms with Crippen molar-refractivity contribution in [3.63, 3.8) is 0 Å². The Morgan fingerprint density at radius 3 is 2.59 bits per heavy atom. The number of hydrogen-bond acceptors (Lipinski definition) is 10. The first-order valence-electron chi connectivity index (χ1n) is 12.0. The van der Waals surface area contributed by atoms with Gasteiger partial charge in [-0.1, -0.05) is 42.0 Å². The van der Waals surface area contributed by atoms with E-state index in [0.29, 0.717) is 18.8 Å². The monoisotopic (exact) mass is 501 g/mol. The van der Waals surface area contributed by atoms with Crippen molar-refractivity contribution in [3.05, 3.63) is 77.1 Å². The third-order valence-corrected chi connectivity index (χ3v) is 5.98. The van der Waals surface area contributed by atoms with Crippen LogP contribution in [0.15, 0.2) is 64.3 Å².